The normalized spacial score (nSPS) is 40.2. The monoisotopic (exact) mass is 235 g/mol. The molecule has 0 spiro atoms. The van der Waals surface area contributed by atoms with Crippen molar-refractivity contribution in [1.82, 2.24) is 0 Å². The molecule has 0 heteroatoms. The minimum Gasteiger partial charge on any atom is -0.0876 e. The predicted octanol–water partition coefficient (Wildman–Crippen LogP) is 4.59. The molecule has 0 unspecified atom stereocenters. The van der Waals surface area contributed by atoms with Crippen LogP contribution in [0.5, 0.6) is 0 Å². The molecule has 0 aliphatic heterocycles. The fourth-order valence-electron chi connectivity index (χ4n) is 4.46. The maximum absolute atomic E-state index is 3.21. The van der Waals surface area contributed by atoms with Gasteiger partial charge in [-0.15, -0.1) is 0 Å². The Kier molecular flexibility index (Phi) is 2.12. The molecule has 0 N–H and O–H groups in total. The zero-order valence-corrected chi connectivity index (χ0v) is 10.9. The Morgan fingerprint density at radius 2 is 2.33 bits per heavy atom. The van der Waals surface area contributed by atoms with Crippen molar-refractivity contribution >= 4 is 6.08 Å². The molecule has 1 fully saturated rings. The molecular weight excluding hydrogens is 216 g/mol. The molecule has 4 atom stereocenters. The van der Waals surface area contributed by atoms with Crippen LogP contribution < -0.4 is 0 Å². The van der Waals surface area contributed by atoms with E-state index in [9.17, 15) is 0 Å². The van der Waals surface area contributed by atoms with Gasteiger partial charge in [0, 0.05) is 0 Å². The lowest BCUT2D eigenvalue weighted by molar-refractivity contribution is 0.123. The maximum atomic E-state index is 3.21. The SMILES string of the molecule is C[C@@]12C=CC[C@H]1[C@@H]1C=Cc3c[c]ccc3[C@H]1CC2. The summed E-state index contributed by atoms with van der Waals surface area (Å²) in [4.78, 5) is 0. The highest BCUT2D eigenvalue weighted by molar-refractivity contribution is 5.58. The van der Waals surface area contributed by atoms with Crippen LogP contribution in [0.2, 0.25) is 0 Å². The third-order valence-corrected chi connectivity index (χ3v) is 5.49. The molecule has 3 aliphatic carbocycles. The summed E-state index contributed by atoms with van der Waals surface area (Å²) >= 11 is 0. The van der Waals surface area contributed by atoms with E-state index in [1.165, 1.54) is 24.8 Å². The fraction of sp³-hybridized carbons (Fsp3) is 0.444. The second-order valence-corrected chi connectivity index (χ2v) is 6.39. The largest absolute Gasteiger partial charge is 0.0876 e. The third-order valence-electron chi connectivity index (χ3n) is 5.49. The topological polar surface area (TPSA) is 0 Å². The number of hydrogen-bond donors (Lipinski definition) is 0. The van der Waals surface area contributed by atoms with Gasteiger partial charge in [-0.25, -0.2) is 0 Å². The predicted molar refractivity (Wildman–Crippen MR) is 75.1 cm³/mol. The molecule has 91 valence electrons. The van der Waals surface area contributed by atoms with Crippen molar-refractivity contribution in [3.63, 3.8) is 0 Å². The van der Waals surface area contributed by atoms with Crippen LogP contribution in [0.15, 0.2) is 36.4 Å². The van der Waals surface area contributed by atoms with Gasteiger partial charge in [-0.2, -0.15) is 0 Å². The van der Waals surface area contributed by atoms with Gasteiger partial charge in [0.05, 0.1) is 0 Å². The first-order valence-corrected chi connectivity index (χ1v) is 7.14. The number of allylic oxidation sites excluding steroid dienone is 3. The van der Waals surface area contributed by atoms with Gasteiger partial charge in [-0.05, 0) is 65.7 Å². The van der Waals surface area contributed by atoms with Crippen LogP contribution in [-0.4, -0.2) is 0 Å². The molecule has 3 aliphatic rings. The van der Waals surface area contributed by atoms with E-state index >= 15 is 0 Å². The van der Waals surface area contributed by atoms with Crippen LogP contribution in [0.25, 0.3) is 6.08 Å². The summed E-state index contributed by atoms with van der Waals surface area (Å²) in [5, 5.41) is 0. The first-order valence-electron chi connectivity index (χ1n) is 7.14. The lowest BCUT2D eigenvalue weighted by Gasteiger charge is -2.47. The summed E-state index contributed by atoms with van der Waals surface area (Å²) in [5.41, 5.74) is 3.42. The number of fused-ring (bicyclic) bond motifs is 5. The van der Waals surface area contributed by atoms with Crippen molar-refractivity contribution in [2.45, 2.75) is 32.1 Å². The standard InChI is InChI=1S/C18H19/c1-18-11-4-7-17(18)16-9-8-13-5-2-3-6-14(13)15(16)10-12-18/h3-6,8-9,11,15-17H,7,10,12H2,1H3/t15-,16-,17+,18+/m1/s1. The van der Waals surface area contributed by atoms with Gasteiger partial charge in [0.15, 0.2) is 0 Å². The van der Waals surface area contributed by atoms with E-state index in [-0.39, 0.29) is 0 Å². The van der Waals surface area contributed by atoms with Crippen molar-refractivity contribution in [1.29, 1.82) is 0 Å². The highest BCUT2D eigenvalue weighted by atomic mass is 14.5. The smallest absolute Gasteiger partial charge is 0.00895 e. The minimum absolute atomic E-state index is 0.462. The highest BCUT2D eigenvalue weighted by Gasteiger charge is 2.46. The van der Waals surface area contributed by atoms with Gasteiger partial charge in [-0.3, -0.25) is 0 Å². The molecule has 0 heterocycles. The first kappa shape index (κ1) is 10.6. The summed E-state index contributed by atoms with van der Waals surface area (Å²) in [5.74, 6) is 2.32. The maximum Gasteiger partial charge on any atom is -0.00895 e. The van der Waals surface area contributed by atoms with Gasteiger partial charge >= 0.3 is 0 Å². The first-order chi connectivity index (χ1) is 8.78. The van der Waals surface area contributed by atoms with E-state index in [2.05, 4.69) is 55.5 Å². The second kappa shape index (κ2) is 3.60. The zero-order chi connectivity index (χ0) is 12.2. The molecule has 4 rings (SSSR count). The van der Waals surface area contributed by atoms with Crippen LogP contribution in [-0.2, 0) is 0 Å². The Bertz CT molecular complexity index is 537. The van der Waals surface area contributed by atoms with E-state index in [1.807, 2.05) is 0 Å². The average molecular weight is 235 g/mol. The molecule has 0 bridgehead atoms. The Balaban J connectivity index is 1.78. The molecule has 1 aromatic rings. The van der Waals surface area contributed by atoms with Crippen molar-refractivity contribution in [2.75, 3.05) is 0 Å². The quantitative estimate of drug-likeness (QED) is 0.577. The van der Waals surface area contributed by atoms with Crippen LogP contribution in [0.4, 0.5) is 0 Å². The Hall–Kier alpha value is -1.30. The van der Waals surface area contributed by atoms with E-state index in [0.717, 1.165) is 17.8 Å². The molecule has 18 heavy (non-hydrogen) atoms. The van der Waals surface area contributed by atoms with Gasteiger partial charge < -0.3 is 0 Å². The highest BCUT2D eigenvalue weighted by Crippen LogP contribution is 2.57. The van der Waals surface area contributed by atoms with E-state index in [4.69, 9.17) is 0 Å². The summed E-state index contributed by atoms with van der Waals surface area (Å²) in [6.07, 6.45) is 13.7. The van der Waals surface area contributed by atoms with Crippen LogP contribution >= 0.6 is 0 Å². The molecule has 0 amide bonds. The van der Waals surface area contributed by atoms with E-state index in [1.54, 1.807) is 5.56 Å². The Morgan fingerprint density at radius 1 is 1.39 bits per heavy atom. The van der Waals surface area contributed by atoms with E-state index < -0.39 is 0 Å². The number of hydrogen-bond acceptors (Lipinski definition) is 0. The zero-order valence-electron chi connectivity index (χ0n) is 10.9. The molecule has 1 saturated carbocycles. The third kappa shape index (κ3) is 1.32. The van der Waals surface area contributed by atoms with Gasteiger partial charge in [0.25, 0.3) is 0 Å². The van der Waals surface area contributed by atoms with Gasteiger partial charge in [-0.1, -0.05) is 43.4 Å². The summed E-state index contributed by atoms with van der Waals surface area (Å²) < 4.78 is 0. The Morgan fingerprint density at radius 3 is 3.28 bits per heavy atom. The molecule has 0 nitrogen and oxygen atoms in total. The van der Waals surface area contributed by atoms with Crippen molar-refractivity contribution < 1.29 is 0 Å². The summed E-state index contributed by atoms with van der Waals surface area (Å²) in [7, 11) is 0. The Labute approximate surface area is 109 Å². The van der Waals surface area contributed by atoms with Crippen LogP contribution in [0.3, 0.4) is 0 Å². The molecule has 1 radical (unpaired) electrons. The molecule has 1 aromatic carbocycles. The average Bonchev–Trinajstić information content (AvgIpc) is 2.80. The van der Waals surface area contributed by atoms with Crippen molar-refractivity contribution in [3.05, 3.63) is 53.6 Å². The second-order valence-electron chi connectivity index (χ2n) is 6.39. The lowest BCUT2D eigenvalue weighted by atomic mass is 9.57. The van der Waals surface area contributed by atoms with Gasteiger partial charge in [0.2, 0.25) is 0 Å². The number of benzene rings is 1. The summed E-state index contributed by atoms with van der Waals surface area (Å²) in [6, 6.07) is 9.72. The number of rotatable bonds is 0. The molecular formula is C18H19. The van der Waals surface area contributed by atoms with Crippen molar-refractivity contribution in [3.8, 4) is 0 Å². The fourth-order valence-corrected chi connectivity index (χ4v) is 4.46. The van der Waals surface area contributed by atoms with Crippen molar-refractivity contribution in [2.24, 2.45) is 17.3 Å². The van der Waals surface area contributed by atoms with Crippen LogP contribution in [0, 0.1) is 23.3 Å². The van der Waals surface area contributed by atoms with Crippen LogP contribution in [0.1, 0.15) is 43.2 Å². The summed E-state index contributed by atoms with van der Waals surface area (Å²) in [6.45, 7) is 2.46. The molecule has 0 saturated heterocycles. The van der Waals surface area contributed by atoms with Gasteiger partial charge in [0.1, 0.15) is 0 Å². The molecule has 0 aromatic heterocycles. The minimum atomic E-state index is 0.462. The lowest BCUT2D eigenvalue weighted by Crippen LogP contribution is -2.37. The van der Waals surface area contributed by atoms with E-state index in [0.29, 0.717) is 5.41 Å².